The fourth-order valence-electron chi connectivity index (χ4n) is 2.96. The molecule has 0 fully saturated rings. The van der Waals surface area contributed by atoms with Crippen molar-refractivity contribution >= 4 is 0 Å². The molecule has 0 aliphatic rings. The largest absolute Gasteiger partial charge is 0.236 e. The van der Waals surface area contributed by atoms with E-state index in [1.807, 2.05) is 0 Å². The van der Waals surface area contributed by atoms with E-state index in [1.165, 1.54) is 83.5 Å². The third kappa shape index (κ3) is 16.1. The number of allylic oxidation sites excluding steroid dienone is 2. The minimum Gasteiger partial charge on any atom is -0.236 e. The molecule has 22 heavy (non-hydrogen) atoms. The Morgan fingerprint density at radius 3 is 1.73 bits per heavy atom. The van der Waals surface area contributed by atoms with Crippen LogP contribution < -0.4 is 5.32 Å². The molecule has 1 heteroatoms. The van der Waals surface area contributed by atoms with Gasteiger partial charge in [-0.3, -0.25) is 0 Å². The van der Waals surface area contributed by atoms with Crippen molar-refractivity contribution in [2.75, 3.05) is 6.54 Å². The Morgan fingerprint density at radius 1 is 0.682 bits per heavy atom. The molecule has 0 aromatic heterocycles. The van der Waals surface area contributed by atoms with Gasteiger partial charge in [-0.25, -0.2) is 5.32 Å². The summed E-state index contributed by atoms with van der Waals surface area (Å²) >= 11 is 0. The second-order valence-corrected chi connectivity index (χ2v) is 7.27. The third-order valence-corrected chi connectivity index (χ3v) is 4.39. The van der Waals surface area contributed by atoms with E-state index in [0.717, 1.165) is 6.54 Å². The lowest BCUT2D eigenvalue weighted by Crippen LogP contribution is -2.32. The highest BCUT2D eigenvalue weighted by molar-refractivity contribution is 4.81. The van der Waals surface area contributed by atoms with Gasteiger partial charge in [-0.05, 0) is 46.0 Å². The van der Waals surface area contributed by atoms with Crippen LogP contribution in [-0.4, -0.2) is 12.1 Å². The van der Waals surface area contributed by atoms with Gasteiger partial charge >= 0.3 is 0 Å². The van der Waals surface area contributed by atoms with E-state index >= 15 is 0 Å². The number of nitrogens with zero attached hydrogens (tertiary/aromatic N) is 1. The van der Waals surface area contributed by atoms with Crippen LogP contribution >= 0.6 is 0 Å². The van der Waals surface area contributed by atoms with Crippen LogP contribution in [0.15, 0.2) is 12.2 Å². The van der Waals surface area contributed by atoms with E-state index in [9.17, 15) is 0 Å². The van der Waals surface area contributed by atoms with Crippen LogP contribution in [0.1, 0.15) is 111 Å². The highest BCUT2D eigenvalue weighted by Crippen LogP contribution is 2.16. The van der Waals surface area contributed by atoms with Crippen LogP contribution in [0.5, 0.6) is 0 Å². The number of unbranched alkanes of at least 4 members (excludes halogenated alkanes) is 10. The number of hydrogen-bond acceptors (Lipinski definition) is 0. The van der Waals surface area contributed by atoms with Crippen LogP contribution in [0.2, 0.25) is 0 Å². The van der Waals surface area contributed by atoms with Crippen molar-refractivity contribution in [1.29, 1.82) is 0 Å². The summed E-state index contributed by atoms with van der Waals surface area (Å²) in [6.45, 7) is 9.91. The Balaban J connectivity index is 3.22. The van der Waals surface area contributed by atoms with Gasteiger partial charge in [-0.15, -0.1) is 0 Å². The maximum atomic E-state index is 4.65. The van der Waals surface area contributed by atoms with Gasteiger partial charge < -0.3 is 0 Å². The van der Waals surface area contributed by atoms with Crippen molar-refractivity contribution in [2.24, 2.45) is 0 Å². The maximum absolute atomic E-state index is 4.65. The van der Waals surface area contributed by atoms with Crippen molar-refractivity contribution in [1.82, 2.24) is 5.32 Å². The van der Waals surface area contributed by atoms with Crippen molar-refractivity contribution in [3.05, 3.63) is 12.2 Å². The van der Waals surface area contributed by atoms with Crippen molar-refractivity contribution in [3.8, 4) is 0 Å². The smallest absolute Gasteiger partial charge is 0.0300 e. The molecule has 0 spiro atoms. The number of rotatable bonds is 16. The zero-order valence-corrected chi connectivity index (χ0v) is 16.0. The molecule has 0 unspecified atom stereocenters. The van der Waals surface area contributed by atoms with Crippen molar-refractivity contribution < 1.29 is 0 Å². The Kier molecular flexibility index (Phi) is 15.4. The lowest BCUT2D eigenvalue weighted by molar-refractivity contribution is 0.347. The second kappa shape index (κ2) is 15.6. The summed E-state index contributed by atoms with van der Waals surface area (Å²) in [6.07, 6.45) is 22.5. The van der Waals surface area contributed by atoms with Gasteiger partial charge in [0.2, 0.25) is 0 Å². The van der Waals surface area contributed by atoms with Gasteiger partial charge in [0.25, 0.3) is 0 Å². The molecule has 0 aliphatic heterocycles. The zero-order chi connectivity index (χ0) is 16.5. The Labute approximate surface area is 141 Å². The predicted octanol–water partition coefficient (Wildman–Crippen LogP) is 7.04. The molecule has 1 nitrogen and oxygen atoms in total. The molecule has 0 saturated carbocycles. The normalized spacial score (nSPS) is 12.4. The molecule has 0 atom stereocenters. The van der Waals surface area contributed by atoms with Crippen LogP contribution in [0, 0.1) is 0 Å². The molecule has 0 aliphatic carbocycles. The molecular weight excluding hydrogens is 266 g/mol. The molecule has 0 aromatic rings. The quantitative estimate of drug-likeness (QED) is 0.214. The van der Waals surface area contributed by atoms with Gasteiger partial charge in [-0.1, -0.05) is 77.4 Å². The molecule has 0 bridgehead atoms. The average Bonchev–Trinajstić information content (AvgIpc) is 2.47. The monoisotopic (exact) mass is 308 g/mol. The lowest BCUT2D eigenvalue weighted by Gasteiger charge is -2.23. The summed E-state index contributed by atoms with van der Waals surface area (Å²) in [5, 5.41) is 4.65. The molecule has 1 radical (unpaired) electrons. The SMILES string of the molecule is CCCCCC/C=C/CCCCCCCCC(C)(C)[N]CC. The Bertz CT molecular complexity index is 242. The fraction of sp³-hybridized carbons (Fsp3) is 0.905. The van der Waals surface area contributed by atoms with Gasteiger partial charge in [0.05, 0.1) is 0 Å². The highest BCUT2D eigenvalue weighted by Gasteiger charge is 2.15. The average molecular weight is 309 g/mol. The van der Waals surface area contributed by atoms with E-state index in [2.05, 4.69) is 45.2 Å². The lowest BCUT2D eigenvalue weighted by atomic mass is 9.96. The summed E-state index contributed by atoms with van der Waals surface area (Å²) in [7, 11) is 0. The topological polar surface area (TPSA) is 14.1 Å². The summed E-state index contributed by atoms with van der Waals surface area (Å²) in [6, 6.07) is 0. The van der Waals surface area contributed by atoms with Crippen LogP contribution in [-0.2, 0) is 0 Å². The Hall–Kier alpha value is -0.300. The first-order valence-corrected chi connectivity index (χ1v) is 9.96. The fourth-order valence-corrected chi connectivity index (χ4v) is 2.96. The first-order valence-electron chi connectivity index (χ1n) is 9.96. The summed E-state index contributed by atoms with van der Waals surface area (Å²) in [4.78, 5) is 0. The van der Waals surface area contributed by atoms with E-state index in [1.54, 1.807) is 0 Å². The van der Waals surface area contributed by atoms with Crippen molar-refractivity contribution in [3.63, 3.8) is 0 Å². The third-order valence-electron chi connectivity index (χ3n) is 4.39. The van der Waals surface area contributed by atoms with E-state index < -0.39 is 0 Å². The standard InChI is InChI=1S/C21H42N/c1-5-7-8-9-10-11-12-13-14-15-16-17-18-19-20-21(3,4)22-6-2/h11-12H,5-10,13-20H2,1-4H3/b12-11+. The minimum absolute atomic E-state index is 0.205. The maximum Gasteiger partial charge on any atom is 0.0300 e. The van der Waals surface area contributed by atoms with Gasteiger partial charge in [0.1, 0.15) is 0 Å². The molecule has 0 heterocycles. The molecule has 0 N–H and O–H groups in total. The van der Waals surface area contributed by atoms with Gasteiger partial charge in [-0.2, -0.15) is 0 Å². The number of hydrogen-bond donors (Lipinski definition) is 0. The van der Waals surface area contributed by atoms with Crippen LogP contribution in [0.25, 0.3) is 0 Å². The summed E-state index contributed by atoms with van der Waals surface area (Å²) < 4.78 is 0. The van der Waals surface area contributed by atoms with E-state index in [-0.39, 0.29) is 5.54 Å². The first-order chi connectivity index (χ1) is 10.6. The molecule has 0 aromatic carbocycles. The highest BCUT2D eigenvalue weighted by atomic mass is 14.9. The molecule has 131 valence electrons. The summed E-state index contributed by atoms with van der Waals surface area (Å²) in [5.41, 5.74) is 0.205. The molecule has 0 rings (SSSR count). The molecule has 0 amide bonds. The second-order valence-electron chi connectivity index (χ2n) is 7.27. The zero-order valence-electron chi connectivity index (χ0n) is 16.0. The van der Waals surface area contributed by atoms with Gasteiger partial charge in [0, 0.05) is 12.1 Å². The van der Waals surface area contributed by atoms with Crippen LogP contribution in [0.3, 0.4) is 0 Å². The summed E-state index contributed by atoms with van der Waals surface area (Å²) in [5.74, 6) is 0. The molecule has 0 saturated heterocycles. The molecular formula is C21H42N. The van der Waals surface area contributed by atoms with E-state index in [0.29, 0.717) is 0 Å². The van der Waals surface area contributed by atoms with Crippen LogP contribution in [0.4, 0.5) is 0 Å². The van der Waals surface area contributed by atoms with E-state index in [4.69, 9.17) is 0 Å². The van der Waals surface area contributed by atoms with Gasteiger partial charge in [0.15, 0.2) is 0 Å². The predicted molar refractivity (Wildman–Crippen MR) is 102 cm³/mol. The minimum atomic E-state index is 0.205. The Morgan fingerprint density at radius 2 is 1.18 bits per heavy atom. The van der Waals surface area contributed by atoms with Crippen molar-refractivity contribution in [2.45, 2.75) is 117 Å². The first kappa shape index (κ1) is 21.7.